The summed E-state index contributed by atoms with van der Waals surface area (Å²) in [5.41, 5.74) is 31.9. The Bertz CT molecular complexity index is 7240. The third kappa shape index (κ3) is 12.6. The summed E-state index contributed by atoms with van der Waals surface area (Å²) in [4.78, 5) is 9.37. The third-order valence-electron chi connectivity index (χ3n) is 24.1. The van der Waals surface area contributed by atoms with Gasteiger partial charge in [-0.1, -0.05) is 231 Å². The van der Waals surface area contributed by atoms with Crippen molar-refractivity contribution < 1.29 is 8.83 Å². The van der Waals surface area contributed by atoms with Crippen LogP contribution in [0.15, 0.2) is 470 Å². The molecule has 574 valence electrons. The highest BCUT2D eigenvalue weighted by Crippen LogP contribution is 2.46. The number of rotatable bonds is 18. The second kappa shape index (κ2) is 29.9. The predicted octanol–water partition coefficient (Wildman–Crippen LogP) is 32.2. The van der Waals surface area contributed by atoms with Gasteiger partial charge in [0.15, 0.2) is 0 Å². The maximum absolute atomic E-state index is 6.38. The number of aromatic nitrogens is 2. The Morgan fingerprint density at radius 1 is 0.139 bits per heavy atom. The molecular formula is C114H76N6O2. The Morgan fingerprint density at radius 3 is 0.607 bits per heavy atom. The third-order valence-corrected chi connectivity index (χ3v) is 24.1. The van der Waals surface area contributed by atoms with Crippen LogP contribution in [0.5, 0.6) is 0 Å². The molecule has 0 spiro atoms. The fraction of sp³-hybridized carbons (Fsp3) is 0. The lowest BCUT2D eigenvalue weighted by molar-refractivity contribution is 0.668. The van der Waals surface area contributed by atoms with Crippen LogP contribution in [-0.4, -0.2) is 9.13 Å². The maximum Gasteiger partial charge on any atom is 0.136 e. The fourth-order valence-electron chi connectivity index (χ4n) is 18.2. The van der Waals surface area contributed by atoms with E-state index in [0.29, 0.717) is 0 Å². The van der Waals surface area contributed by atoms with Crippen LogP contribution >= 0.6 is 0 Å². The van der Waals surface area contributed by atoms with E-state index >= 15 is 0 Å². The van der Waals surface area contributed by atoms with Crippen molar-refractivity contribution >= 4 is 156 Å². The van der Waals surface area contributed by atoms with Crippen molar-refractivity contribution in [3.8, 4) is 55.9 Å². The number of benzene rings is 19. The van der Waals surface area contributed by atoms with Crippen LogP contribution in [0.1, 0.15) is 0 Å². The zero-order chi connectivity index (χ0) is 80.6. The minimum atomic E-state index is 0.875. The highest BCUT2D eigenvalue weighted by atomic mass is 16.3. The molecule has 0 aliphatic rings. The van der Waals surface area contributed by atoms with E-state index < -0.39 is 0 Å². The van der Waals surface area contributed by atoms with Crippen molar-refractivity contribution in [1.82, 2.24) is 9.13 Å². The van der Waals surface area contributed by atoms with Gasteiger partial charge in [0.25, 0.3) is 0 Å². The molecule has 0 aliphatic heterocycles. The van der Waals surface area contributed by atoms with Crippen molar-refractivity contribution in [2.24, 2.45) is 0 Å². The number of fused-ring (bicyclic) bond motifs is 12. The molecule has 0 saturated carbocycles. The second-order valence-electron chi connectivity index (χ2n) is 31.2. The number of anilines is 12. The molecule has 23 aromatic rings. The Hall–Kier alpha value is -16.4. The van der Waals surface area contributed by atoms with Gasteiger partial charge < -0.3 is 37.6 Å². The second-order valence-corrected chi connectivity index (χ2v) is 31.2. The monoisotopic (exact) mass is 1560 g/mol. The van der Waals surface area contributed by atoms with E-state index in [0.717, 1.165) is 168 Å². The Labute approximate surface area is 705 Å². The molecule has 0 unspecified atom stereocenters. The largest absolute Gasteiger partial charge is 0.456 e. The van der Waals surface area contributed by atoms with E-state index in [1.807, 2.05) is 24.3 Å². The van der Waals surface area contributed by atoms with E-state index in [1.54, 1.807) is 0 Å². The number of nitrogens with zero attached hydrogens (tertiary/aromatic N) is 6. The van der Waals surface area contributed by atoms with Gasteiger partial charge in [0, 0.05) is 123 Å². The van der Waals surface area contributed by atoms with Crippen molar-refractivity contribution in [2.45, 2.75) is 0 Å². The van der Waals surface area contributed by atoms with Crippen LogP contribution in [0.3, 0.4) is 0 Å². The molecule has 0 saturated heterocycles. The highest BCUT2D eigenvalue weighted by molar-refractivity contribution is 6.11. The number of hydrogen-bond acceptors (Lipinski definition) is 6. The molecule has 0 N–H and O–H groups in total. The smallest absolute Gasteiger partial charge is 0.136 e. The lowest BCUT2D eigenvalue weighted by Gasteiger charge is -2.28. The van der Waals surface area contributed by atoms with Crippen molar-refractivity contribution in [3.05, 3.63) is 461 Å². The molecular weight excluding hydrogens is 1490 g/mol. The molecule has 0 amide bonds. The molecule has 4 heterocycles. The number of para-hydroxylation sites is 8. The number of hydrogen-bond donors (Lipinski definition) is 0. The van der Waals surface area contributed by atoms with Gasteiger partial charge in [-0.2, -0.15) is 0 Å². The van der Waals surface area contributed by atoms with Gasteiger partial charge in [-0.3, -0.25) is 0 Å². The minimum Gasteiger partial charge on any atom is -0.456 e. The molecule has 19 aromatic carbocycles. The predicted molar refractivity (Wildman–Crippen MR) is 510 cm³/mol. The van der Waals surface area contributed by atoms with Gasteiger partial charge in [-0.25, -0.2) is 0 Å². The average Bonchev–Trinajstić information content (AvgIpc) is 1.61. The van der Waals surface area contributed by atoms with Gasteiger partial charge in [-0.15, -0.1) is 0 Å². The zero-order valence-corrected chi connectivity index (χ0v) is 66.4. The standard InChI is InChI=1S/C114H76N6O2/c1-3-19-85(20-4-1)115(93-65-69-97(70-66-93)119-107-29-13-7-23-99(107)100-24-8-14-30-108(100)119)91-57-61-95(62-58-91)117(89-53-43-81(44-54-89)83-47-73-105-103-27-11-17-33-111(103)121-113(105)75-83)87-49-39-79(40-50-87)77-35-37-78(38-36-77)80-41-51-88(52-42-80)118(90-55-45-82(46-56-90)84-48-74-106-104-28-12-18-34-112(104)122-114(106)76-84)96-63-59-92(60-64-96)116(86-21-5-2-6-22-86)94-67-71-98(72-68-94)120-109-31-15-9-25-101(109)102-26-10-16-32-110(102)120/h1-76H. The number of furan rings is 2. The quantitative estimate of drug-likeness (QED) is 0.0853. The van der Waals surface area contributed by atoms with Gasteiger partial charge in [-0.05, 0) is 275 Å². The first-order valence-corrected chi connectivity index (χ1v) is 41.5. The molecule has 8 heteroatoms. The van der Waals surface area contributed by atoms with Crippen molar-refractivity contribution in [3.63, 3.8) is 0 Å². The zero-order valence-electron chi connectivity index (χ0n) is 66.4. The van der Waals surface area contributed by atoms with Crippen molar-refractivity contribution in [2.75, 3.05) is 19.6 Å². The normalized spacial score (nSPS) is 11.6. The van der Waals surface area contributed by atoms with Gasteiger partial charge in [0.2, 0.25) is 0 Å². The summed E-state index contributed by atoms with van der Waals surface area (Å²) in [6.07, 6.45) is 0. The Balaban J connectivity index is 0.552. The van der Waals surface area contributed by atoms with Gasteiger partial charge in [0.1, 0.15) is 22.3 Å². The molecule has 8 nitrogen and oxygen atoms in total. The van der Waals surface area contributed by atoms with Crippen molar-refractivity contribution in [1.29, 1.82) is 0 Å². The summed E-state index contributed by atoms with van der Waals surface area (Å²) < 4.78 is 17.5. The lowest BCUT2D eigenvalue weighted by atomic mass is 9.99. The Kier molecular flexibility index (Phi) is 17.4. The first-order chi connectivity index (χ1) is 60.5. The van der Waals surface area contributed by atoms with Crippen LogP contribution < -0.4 is 19.6 Å². The van der Waals surface area contributed by atoms with Crippen LogP contribution in [0, 0.1) is 0 Å². The van der Waals surface area contributed by atoms with E-state index in [1.165, 1.54) is 43.6 Å². The van der Waals surface area contributed by atoms with Gasteiger partial charge >= 0.3 is 0 Å². The summed E-state index contributed by atoms with van der Waals surface area (Å²) in [7, 11) is 0. The van der Waals surface area contributed by atoms with E-state index in [9.17, 15) is 0 Å². The first-order valence-electron chi connectivity index (χ1n) is 41.5. The van der Waals surface area contributed by atoms with Crippen LogP contribution in [0.2, 0.25) is 0 Å². The van der Waals surface area contributed by atoms with E-state index in [-0.39, 0.29) is 0 Å². The molecule has 0 radical (unpaired) electrons. The molecule has 122 heavy (non-hydrogen) atoms. The summed E-state index contributed by atoms with van der Waals surface area (Å²) in [5.74, 6) is 0. The molecule has 0 bridgehead atoms. The SMILES string of the molecule is c1ccc(N(c2ccc(N(c3ccc(-c4ccc(-c5ccc(N(c6ccc(-c7ccc8c(c7)oc7ccccc78)cc6)c6ccc(N(c7ccccc7)c7ccc(-n8c9ccccc9c9ccccc98)cc7)cc6)cc5)cc4)cc3)c3ccc(-c4ccc5c(c4)oc4ccccc45)cc3)cc2)c2ccc(-n3c4ccccc4c4ccccc43)cc2)cc1. The van der Waals surface area contributed by atoms with E-state index in [4.69, 9.17) is 8.83 Å². The Morgan fingerprint density at radius 2 is 0.328 bits per heavy atom. The molecule has 0 fully saturated rings. The topological polar surface area (TPSA) is 49.1 Å². The summed E-state index contributed by atoms with van der Waals surface area (Å²) in [6, 6.07) is 166. The van der Waals surface area contributed by atoms with Crippen LogP contribution in [0.25, 0.3) is 143 Å². The molecule has 0 aliphatic carbocycles. The van der Waals surface area contributed by atoms with E-state index in [2.05, 4.69) is 466 Å². The lowest BCUT2D eigenvalue weighted by Crippen LogP contribution is -2.12. The van der Waals surface area contributed by atoms with Gasteiger partial charge in [0.05, 0.1) is 22.1 Å². The molecule has 4 aromatic heterocycles. The minimum absolute atomic E-state index is 0.875. The van der Waals surface area contributed by atoms with Crippen LogP contribution in [-0.2, 0) is 0 Å². The molecule has 23 rings (SSSR count). The highest BCUT2D eigenvalue weighted by Gasteiger charge is 2.23. The summed E-state index contributed by atoms with van der Waals surface area (Å²) in [6.45, 7) is 0. The van der Waals surface area contributed by atoms with Crippen LogP contribution in [0.4, 0.5) is 68.2 Å². The first kappa shape index (κ1) is 70.9. The maximum atomic E-state index is 6.38. The molecule has 0 atom stereocenters. The summed E-state index contributed by atoms with van der Waals surface area (Å²) in [5, 5.41) is 9.44. The fourth-order valence-corrected chi connectivity index (χ4v) is 18.2. The average molecular weight is 1560 g/mol. The summed E-state index contributed by atoms with van der Waals surface area (Å²) >= 11 is 0.